The Balaban J connectivity index is 1.31. The highest BCUT2D eigenvalue weighted by atomic mass is 16.5. The van der Waals surface area contributed by atoms with Gasteiger partial charge in [0.2, 0.25) is 5.91 Å². The first-order valence-electron chi connectivity index (χ1n) is 10.9. The number of ether oxygens (including phenoxy) is 1. The molecular weight excluding hydrogens is 406 g/mol. The van der Waals surface area contributed by atoms with E-state index in [-0.39, 0.29) is 23.4 Å². The van der Waals surface area contributed by atoms with E-state index >= 15 is 0 Å². The number of hydrogen-bond acceptors (Lipinski definition) is 6. The molecule has 2 aliphatic heterocycles. The Kier molecular flexibility index (Phi) is 4.90. The van der Waals surface area contributed by atoms with E-state index in [2.05, 4.69) is 35.4 Å². The van der Waals surface area contributed by atoms with Crippen molar-refractivity contribution in [1.29, 1.82) is 5.26 Å². The van der Waals surface area contributed by atoms with Gasteiger partial charge in [-0.05, 0) is 32.8 Å². The number of amides is 1. The Morgan fingerprint density at radius 3 is 2.62 bits per heavy atom. The van der Waals surface area contributed by atoms with E-state index in [1.165, 1.54) is 0 Å². The maximum absolute atomic E-state index is 12.8. The number of hydrogen-bond donors (Lipinski definition) is 1. The van der Waals surface area contributed by atoms with Crippen molar-refractivity contribution in [3.63, 3.8) is 0 Å². The van der Waals surface area contributed by atoms with Gasteiger partial charge in [0.1, 0.15) is 22.9 Å². The lowest BCUT2D eigenvalue weighted by Gasteiger charge is -2.47. The molecule has 1 atom stereocenters. The Bertz CT molecular complexity index is 1210. The second-order valence-corrected chi connectivity index (χ2v) is 9.18. The number of carbonyl (C=O) groups excluding carboxylic acids is 1. The Hall–Kier alpha value is -3.38. The number of fused-ring (bicyclic) bond motifs is 1. The third-order valence-electron chi connectivity index (χ3n) is 6.93. The number of piperidine rings is 1. The quantitative estimate of drug-likeness (QED) is 0.677. The molecule has 2 aliphatic rings. The van der Waals surface area contributed by atoms with E-state index in [1.807, 2.05) is 34.2 Å². The van der Waals surface area contributed by atoms with Crippen LogP contribution in [0.15, 0.2) is 30.9 Å². The van der Waals surface area contributed by atoms with Crippen molar-refractivity contribution in [2.75, 3.05) is 26.7 Å². The SMILES string of the molecule is COc1cc(-c2cnn(C3CCN(C(=O)C4CNC4(C)C)CC3)c2)cn2ncc(C#N)c12. The van der Waals surface area contributed by atoms with E-state index in [4.69, 9.17) is 4.74 Å². The molecule has 0 aliphatic carbocycles. The molecule has 9 heteroatoms. The molecule has 1 N–H and O–H groups in total. The molecular formula is C23H27N7O2. The molecule has 5 rings (SSSR count). The summed E-state index contributed by atoms with van der Waals surface area (Å²) < 4.78 is 9.19. The molecule has 0 aromatic carbocycles. The molecule has 166 valence electrons. The van der Waals surface area contributed by atoms with E-state index in [1.54, 1.807) is 17.8 Å². The van der Waals surface area contributed by atoms with Crippen LogP contribution in [0.5, 0.6) is 5.75 Å². The monoisotopic (exact) mass is 433 g/mol. The summed E-state index contributed by atoms with van der Waals surface area (Å²) in [5, 5.41) is 21.5. The van der Waals surface area contributed by atoms with E-state index < -0.39 is 0 Å². The minimum Gasteiger partial charge on any atom is -0.494 e. The average molecular weight is 434 g/mol. The zero-order valence-electron chi connectivity index (χ0n) is 18.6. The number of methoxy groups -OCH3 is 1. The average Bonchev–Trinajstić information content (AvgIpc) is 3.45. The van der Waals surface area contributed by atoms with Gasteiger partial charge in [0.25, 0.3) is 0 Å². The molecule has 0 bridgehead atoms. The first-order chi connectivity index (χ1) is 15.4. The standard InChI is InChI=1S/C23H27N7O2/c1-23(2)19(12-25-23)22(31)28-6-4-18(5-7-28)29-14-17(11-26-29)15-8-20(32-3)21-16(9-24)10-27-30(21)13-15/h8,10-11,13-14,18-19,25H,4-7,12H2,1-3H3. The van der Waals surface area contributed by atoms with Crippen molar-refractivity contribution >= 4 is 11.4 Å². The highest BCUT2D eigenvalue weighted by molar-refractivity contribution is 5.81. The largest absolute Gasteiger partial charge is 0.494 e. The van der Waals surface area contributed by atoms with E-state index in [0.29, 0.717) is 16.8 Å². The molecule has 0 spiro atoms. The fourth-order valence-electron chi connectivity index (χ4n) is 4.75. The zero-order valence-corrected chi connectivity index (χ0v) is 18.6. The molecule has 2 fully saturated rings. The summed E-state index contributed by atoms with van der Waals surface area (Å²) in [4.78, 5) is 14.9. The van der Waals surface area contributed by atoms with Gasteiger partial charge in [-0.3, -0.25) is 9.48 Å². The van der Waals surface area contributed by atoms with Crippen LogP contribution in [-0.4, -0.2) is 62.5 Å². The predicted octanol–water partition coefficient (Wildman–Crippen LogP) is 2.24. The smallest absolute Gasteiger partial charge is 0.228 e. The summed E-state index contributed by atoms with van der Waals surface area (Å²) in [5.74, 6) is 0.943. The lowest BCUT2D eigenvalue weighted by atomic mass is 9.78. The van der Waals surface area contributed by atoms with Crippen LogP contribution in [0.25, 0.3) is 16.6 Å². The zero-order chi connectivity index (χ0) is 22.5. The first-order valence-corrected chi connectivity index (χ1v) is 10.9. The van der Waals surface area contributed by atoms with Gasteiger partial charge in [-0.15, -0.1) is 0 Å². The van der Waals surface area contributed by atoms with Crippen molar-refractivity contribution in [3.05, 3.63) is 36.4 Å². The van der Waals surface area contributed by atoms with Crippen LogP contribution in [-0.2, 0) is 4.79 Å². The van der Waals surface area contributed by atoms with Gasteiger partial charge in [-0.1, -0.05) is 0 Å². The highest BCUT2D eigenvalue weighted by Crippen LogP contribution is 2.32. The lowest BCUT2D eigenvalue weighted by molar-refractivity contribution is -0.143. The number of nitriles is 1. The number of rotatable bonds is 4. The number of nitrogens with zero attached hydrogens (tertiary/aromatic N) is 6. The molecule has 9 nitrogen and oxygen atoms in total. The summed E-state index contributed by atoms with van der Waals surface area (Å²) in [6.45, 7) is 6.47. The topological polar surface area (TPSA) is 100 Å². The van der Waals surface area contributed by atoms with Crippen LogP contribution in [0.2, 0.25) is 0 Å². The highest BCUT2D eigenvalue weighted by Gasteiger charge is 2.45. The second-order valence-electron chi connectivity index (χ2n) is 9.18. The molecule has 5 heterocycles. The molecule has 1 unspecified atom stereocenters. The number of aromatic nitrogens is 4. The number of pyridine rings is 1. The van der Waals surface area contributed by atoms with Gasteiger partial charge in [0.05, 0.1) is 31.5 Å². The minimum absolute atomic E-state index is 0.0732. The Labute approximate surface area is 186 Å². The molecule has 1 amide bonds. The Morgan fingerprint density at radius 1 is 1.22 bits per heavy atom. The van der Waals surface area contributed by atoms with Gasteiger partial charge < -0.3 is 15.0 Å². The van der Waals surface area contributed by atoms with E-state index in [0.717, 1.165) is 43.6 Å². The maximum atomic E-state index is 12.8. The van der Waals surface area contributed by atoms with Crippen LogP contribution in [0.4, 0.5) is 0 Å². The number of nitrogens with one attached hydrogen (secondary N) is 1. The van der Waals surface area contributed by atoms with Gasteiger partial charge in [-0.25, -0.2) is 4.52 Å². The van der Waals surface area contributed by atoms with Crippen molar-refractivity contribution in [2.24, 2.45) is 5.92 Å². The fourth-order valence-corrected chi connectivity index (χ4v) is 4.75. The van der Waals surface area contributed by atoms with Crippen LogP contribution < -0.4 is 10.1 Å². The van der Waals surface area contributed by atoms with Crippen molar-refractivity contribution in [3.8, 4) is 22.9 Å². The van der Waals surface area contributed by atoms with Gasteiger partial charge in [-0.2, -0.15) is 15.5 Å². The van der Waals surface area contributed by atoms with Crippen molar-refractivity contribution in [1.82, 2.24) is 29.6 Å². The summed E-state index contributed by atoms with van der Waals surface area (Å²) in [7, 11) is 1.59. The Morgan fingerprint density at radius 2 is 2.00 bits per heavy atom. The lowest BCUT2D eigenvalue weighted by Crippen LogP contribution is -2.66. The number of likely N-dealkylation sites (tertiary alicyclic amines) is 1. The van der Waals surface area contributed by atoms with Crippen LogP contribution in [0.1, 0.15) is 38.3 Å². The summed E-state index contributed by atoms with van der Waals surface area (Å²) in [6, 6.07) is 4.33. The molecule has 32 heavy (non-hydrogen) atoms. The van der Waals surface area contributed by atoms with Crippen LogP contribution >= 0.6 is 0 Å². The van der Waals surface area contributed by atoms with Gasteiger partial charge >= 0.3 is 0 Å². The van der Waals surface area contributed by atoms with Crippen LogP contribution in [0, 0.1) is 17.2 Å². The van der Waals surface area contributed by atoms with E-state index in [9.17, 15) is 10.1 Å². The summed E-state index contributed by atoms with van der Waals surface area (Å²) in [5.41, 5.74) is 2.91. The number of carbonyl (C=O) groups is 1. The first kappa shape index (κ1) is 20.5. The maximum Gasteiger partial charge on any atom is 0.228 e. The summed E-state index contributed by atoms with van der Waals surface area (Å²) in [6.07, 6.45) is 9.09. The van der Waals surface area contributed by atoms with Crippen molar-refractivity contribution in [2.45, 2.75) is 38.3 Å². The van der Waals surface area contributed by atoms with Crippen molar-refractivity contribution < 1.29 is 9.53 Å². The molecule has 3 aromatic rings. The van der Waals surface area contributed by atoms with Crippen LogP contribution in [0.3, 0.4) is 0 Å². The van der Waals surface area contributed by atoms with Gasteiger partial charge in [0, 0.05) is 48.7 Å². The molecule has 0 saturated carbocycles. The molecule has 0 radical (unpaired) electrons. The second kappa shape index (κ2) is 7.64. The fraction of sp³-hybridized carbons (Fsp3) is 0.478. The molecule has 2 saturated heterocycles. The third kappa shape index (κ3) is 3.31. The summed E-state index contributed by atoms with van der Waals surface area (Å²) >= 11 is 0. The van der Waals surface area contributed by atoms with Gasteiger partial charge in [0.15, 0.2) is 0 Å². The normalized spacial score (nSPS) is 20.7. The predicted molar refractivity (Wildman–Crippen MR) is 118 cm³/mol. The minimum atomic E-state index is -0.102. The molecule has 3 aromatic heterocycles. The third-order valence-corrected chi connectivity index (χ3v) is 6.93.